The second-order valence-electron chi connectivity index (χ2n) is 6.54. The van der Waals surface area contributed by atoms with Crippen molar-refractivity contribution in [2.75, 3.05) is 24.8 Å². The third kappa shape index (κ3) is 5.88. The fraction of sp³-hybridized carbons (Fsp3) is 0.143. The maximum atomic E-state index is 13.4. The summed E-state index contributed by atoms with van der Waals surface area (Å²) in [6.45, 7) is 0. The monoisotopic (exact) mass is 479 g/mol. The lowest BCUT2D eigenvalue weighted by Gasteiger charge is -2.12. The highest BCUT2D eigenvalue weighted by Gasteiger charge is 2.34. The van der Waals surface area contributed by atoms with Crippen molar-refractivity contribution in [3.8, 4) is 17.4 Å². The predicted molar refractivity (Wildman–Crippen MR) is 113 cm³/mol. The van der Waals surface area contributed by atoms with Crippen LogP contribution in [0.3, 0.4) is 0 Å². The van der Waals surface area contributed by atoms with Gasteiger partial charge >= 0.3 is 12.2 Å². The van der Waals surface area contributed by atoms with Crippen LogP contribution in [0.1, 0.15) is 16.2 Å². The maximum absolute atomic E-state index is 13.4. The zero-order chi connectivity index (χ0) is 24.9. The molecule has 3 N–H and O–H groups in total. The van der Waals surface area contributed by atoms with Crippen LogP contribution >= 0.6 is 0 Å². The first-order valence-electron chi connectivity index (χ1n) is 9.46. The number of carbonyl (C=O) groups excluding carboxylic acids is 2. The summed E-state index contributed by atoms with van der Waals surface area (Å²) in [5.41, 5.74) is -1.44. The zero-order valence-corrected chi connectivity index (χ0v) is 17.7. The number of hydrogen-bond donors (Lipinski definition) is 3. The van der Waals surface area contributed by atoms with Crippen LogP contribution in [0.4, 0.5) is 33.7 Å². The van der Waals surface area contributed by atoms with Crippen molar-refractivity contribution >= 4 is 23.3 Å². The molecule has 0 bridgehead atoms. The molecule has 1 aromatic heterocycles. The molecule has 0 aliphatic carbocycles. The van der Waals surface area contributed by atoms with E-state index in [1.54, 1.807) is 0 Å². The number of ether oxygens (including phenoxy) is 2. The summed E-state index contributed by atoms with van der Waals surface area (Å²) in [6, 6.07) is 7.18. The van der Waals surface area contributed by atoms with Gasteiger partial charge in [0.15, 0.2) is 0 Å². The van der Waals surface area contributed by atoms with Gasteiger partial charge in [0.1, 0.15) is 11.6 Å². The Morgan fingerprint density at radius 1 is 1.00 bits per heavy atom. The Hall–Kier alpha value is -4.42. The first-order valence-corrected chi connectivity index (χ1v) is 9.46. The quantitative estimate of drug-likeness (QED) is 0.451. The highest BCUT2D eigenvalue weighted by Crippen LogP contribution is 2.33. The molecule has 0 aliphatic rings. The van der Waals surface area contributed by atoms with E-state index < -0.39 is 29.5 Å². The number of hydrogen-bond acceptors (Lipinski definition) is 6. The minimum Gasteiger partial charge on any atom is -0.478 e. The van der Waals surface area contributed by atoms with Gasteiger partial charge in [-0.15, -0.1) is 0 Å². The van der Waals surface area contributed by atoms with Crippen molar-refractivity contribution in [2.45, 2.75) is 6.18 Å². The second kappa shape index (κ2) is 10.0. The molecule has 0 spiro atoms. The molecule has 2 aromatic carbocycles. The molecule has 0 atom stereocenters. The summed E-state index contributed by atoms with van der Waals surface area (Å²) in [5.74, 6) is -1.60. The van der Waals surface area contributed by atoms with E-state index >= 15 is 0 Å². The van der Waals surface area contributed by atoms with Crippen LogP contribution in [0.5, 0.6) is 17.4 Å². The van der Waals surface area contributed by atoms with Crippen molar-refractivity contribution in [1.82, 2.24) is 15.3 Å². The van der Waals surface area contributed by atoms with E-state index in [4.69, 9.17) is 9.47 Å². The van der Waals surface area contributed by atoms with Crippen molar-refractivity contribution in [3.63, 3.8) is 0 Å². The smallest absolute Gasteiger partial charge is 0.419 e. The van der Waals surface area contributed by atoms with Crippen molar-refractivity contribution < 1.29 is 36.6 Å². The third-order valence-electron chi connectivity index (χ3n) is 4.22. The Bertz CT molecular complexity index is 1200. The lowest BCUT2D eigenvalue weighted by Crippen LogP contribution is -2.21. The van der Waals surface area contributed by atoms with Crippen LogP contribution in [0.2, 0.25) is 0 Å². The Balaban J connectivity index is 1.65. The van der Waals surface area contributed by atoms with E-state index in [2.05, 4.69) is 25.9 Å². The predicted octanol–water partition coefficient (Wildman–Crippen LogP) is 4.44. The molecule has 0 unspecified atom stereocenters. The van der Waals surface area contributed by atoms with Crippen LogP contribution in [0.15, 0.2) is 48.7 Å². The van der Waals surface area contributed by atoms with Crippen LogP contribution < -0.4 is 25.4 Å². The molecule has 0 aliphatic heterocycles. The van der Waals surface area contributed by atoms with E-state index in [-0.39, 0.29) is 23.1 Å². The lowest BCUT2D eigenvalue weighted by molar-refractivity contribution is -0.139. The second-order valence-corrected chi connectivity index (χ2v) is 6.54. The zero-order valence-electron chi connectivity index (χ0n) is 17.7. The van der Waals surface area contributed by atoms with Gasteiger partial charge in [-0.25, -0.2) is 14.2 Å². The van der Waals surface area contributed by atoms with Gasteiger partial charge in [0.2, 0.25) is 11.6 Å². The Labute approximate surface area is 190 Å². The SMILES string of the molecule is CNC(=O)c1ncc(Oc2ccc(NC(=O)Nc3ccc(F)c(C(F)(F)F)c3)cc2)c(OC)n1. The van der Waals surface area contributed by atoms with Gasteiger partial charge in [-0.2, -0.15) is 18.2 Å². The summed E-state index contributed by atoms with van der Waals surface area (Å²) in [6.07, 6.45) is -3.64. The van der Waals surface area contributed by atoms with Gasteiger partial charge in [-0.05, 0) is 42.5 Å². The molecule has 0 saturated carbocycles. The summed E-state index contributed by atoms with van der Waals surface area (Å²) in [7, 11) is 2.77. The van der Waals surface area contributed by atoms with Crippen LogP contribution in [0.25, 0.3) is 0 Å². The van der Waals surface area contributed by atoms with E-state index in [0.717, 1.165) is 6.07 Å². The maximum Gasteiger partial charge on any atom is 0.419 e. The van der Waals surface area contributed by atoms with Gasteiger partial charge in [0, 0.05) is 18.4 Å². The number of urea groups is 1. The molecule has 0 fully saturated rings. The van der Waals surface area contributed by atoms with E-state index in [1.165, 1.54) is 44.6 Å². The molecule has 178 valence electrons. The Morgan fingerprint density at radius 3 is 2.26 bits per heavy atom. The Morgan fingerprint density at radius 2 is 1.65 bits per heavy atom. The number of halogens is 4. The van der Waals surface area contributed by atoms with Crippen LogP contribution in [0, 0.1) is 5.82 Å². The summed E-state index contributed by atoms with van der Waals surface area (Å²) in [4.78, 5) is 31.6. The number of carbonyl (C=O) groups is 2. The molecule has 3 aromatic rings. The molecule has 3 amide bonds. The molecule has 13 heteroatoms. The topological polar surface area (TPSA) is 114 Å². The number of alkyl halides is 3. The van der Waals surface area contributed by atoms with Gasteiger partial charge in [-0.3, -0.25) is 4.79 Å². The minimum atomic E-state index is -4.90. The highest BCUT2D eigenvalue weighted by molar-refractivity contribution is 5.99. The molecule has 0 saturated heterocycles. The first kappa shape index (κ1) is 24.2. The number of rotatable bonds is 6. The van der Waals surface area contributed by atoms with Crippen LogP contribution in [-0.2, 0) is 6.18 Å². The molecule has 1 heterocycles. The summed E-state index contributed by atoms with van der Waals surface area (Å²) < 4.78 is 62.5. The molecule has 0 radical (unpaired) electrons. The van der Waals surface area contributed by atoms with E-state index in [1.807, 2.05) is 0 Å². The number of nitrogens with one attached hydrogen (secondary N) is 3. The van der Waals surface area contributed by atoms with Crippen molar-refractivity contribution in [2.24, 2.45) is 0 Å². The lowest BCUT2D eigenvalue weighted by atomic mass is 10.2. The third-order valence-corrected chi connectivity index (χ3v) is 4.22. The number of nitrogens with zero attached hydrogens (tertiary/aromatic N) is 2. The van der Waals surface area contributed by atoms with Gasteiger partial charge in [0.05, 0.1) is 18.9 Å². The van der Waals surface area contributed by atoms with E-state index in [0.29, 0.717) is 23.6 Å². The fourth-order valence-corrected chi connectivity index (χ4v) is 2.64. The first-order chi connectivity index (χ1) is 16.1. The number of benzene rings is 2. The van der Waals surface area contributed by atoms with Gasteiger partial charge in [0.25, 0.3) is 11.8 Å². The number of amides is 3. The normalized spacial score (nSPS) is 10.9. The molecule has 3 rings (SSSR count). The van der Waals surface area contributed by atoms with Gasteiger partial charge in [-0.1, -0.05) is 0 Å². The number of methoxy groups -OCH3 is 1. The molecular weight excluding hydrogens is 462 g/mol. The summed E-state index contributed by atoms with van der Waals surface area (Å²) in [5, 5.41) is 7.02. The molecular formula is C21H17F4N5O4. The molecule has 9 nitrogen and oxygen atoms in total. The minimum absolute atomic E-state index is 0.0210. The number of aromatic nitrogens is 2. The Kier molecular flexibility index (Phi) is 7.14. The fourth-order valence-electron chi connectivity index (χ4n) is 2.64. The average molecular weight is 479 g/mol. The van der Waals surface area contributed by atoms with Crippen LogP contribution in [-0.4, -0.2) is 36.1 Å². The van der Waals surface area contributed by atoms with Gasteiger partial charge < -0.3 is 25.4 Å². The number of anilines is 2. The molecule has 34 heavy (non-hydrogen) atoms. The van der Waals surface area contributed by atoms with E-state index in [9.17, 15) is 27.2 Å². The van der Waals surface area contributed by atoms with Crippen molar-refractivity contribution in [3.05, 3.63) is 65.9 Å². The average Bonchev–Trinajstić information content (AvgIpc) is 2.80. The highest BCUT2D eigenvalue weighted by atomic mass is 19.4. The van der Waals surface area contributed by atoms with Crippen molar-refractivity contribution in [1.29, 1.82) is 0 Å². The standard InChI is InChI=1S/C21H17F4N5O4/c1-26-18(31)17-27-10-16(19(30-17)33-2)34-13-6-3-11(4-7-13)28-20(32)29-12-5-8-15(22)14(9-12)21(23,24)25/h3-10H,1-2H3,(H,26,31)(H2,28,29,32). The summed E-state index contributed by atoms with van der Waals surface area (Å²) >= 11 is 0. The largest absolute Gasteiger partial charge is 0.478 e.